The lowest BCUT2D eigenvalue weighted by Crippen LogP contribution is -2.14. The summed E-state index contributed by atoms with van der Waals surface area (Å²) in [5.41, 5.74) is 3.30. The highest BCUT2D eigenvalue weighted by atomic mass is 32.2. The lowest BCUT2D eigenvalue weighted by atomic mass is 10.1. The fraction of sp³-hybridized carbons (Fsp3) is 0.200. The third-order valence-corrected chi connectivity index (χ3v) is 5.79. The lowest BCUT2D eigenvalue weighted by molar-refractivity contribution is 0.392. The van der Waals surface area contributed by atoms with E-state index < -0.39 is 10.0 Å². The van der Waals surface area contributed by atoms with Gasteiger partial charge in [-0.15, -0.1) is 10.2 Å². The van der Waals surface area contributed by atoms with Crippen LogP contribution in [0.25, 0.3) is 11.3 Å². The smallest absolute Gasteiger partial charge is 0.262 e. The van der Waals surface area contributed by atoms with Gasteiger partial charge in [-0.25, -0.2) is 8.42 Å². The van der Waals surface area contributed by atoms with E-state index in [9.17, 15) is 8.42 Å². The van der Waals surface area contributed by atoms with Gasteiger partial charge in [0.15, 0.2) is 0 Å². The maximum Gasteiger partial charge on any atom is 0.262 e. The van der Waals surface area contributed by atoms with E-state index in [-0.39, 0.29) is 4.90 Å². The Hall–Kier alpha value is -3.13. The Morgan fingerprint density at radius 3 is 2.14 bits per heavy atom. The Morgan fingerprint density at radius 2 is 1.57 bits per heavy atom. The summed E-state index contributed by atoms with van der Waals surface area (Å²) < 4.78 is 38.5. The average Bonchev–Trinajstić information content (AvgIpc) is 2.69. The summed E-state index contributed by atoms with van der Waals surface area (Å²) in [5, 5.41) is 8.02. The van der Waals surface area contributed by atoms with Crippen molar-refractivity contribution in [3.63, 3.8) is 0 Å². The molecule has 7 nitrogen and oxygen atoms in total. The van der Waals surface area contributed by atoms with Crippen LogP contribution in [0.3, 0.4) is 0 Å². The number of hydrogen-bond acceptors (Lipinski definition) is 6. The summed E-state index contributed by atoms with van der Waals surface area (Å²) in [5.74, 6) is 1.08. The zero-order valence-electron chi connectivity index (χ0n) is 16.1. The summed E-state index contributed by atoms with van der Waals surface area (Å²) in [6.45, 7) is 3.55. The van der Waals surface area contributed by atoms with E-state index in [2.05, 4.69) is 14.9 Å². The summed E-state index contributed by atoms with van der Waals surface area (Å²) in [7, 11) is -0.645. The molecule has 0 saturated heterocycles. The van der Waals surface area contributed by atoms with Crippen molar-refractivity contribution in [2.75, 3.05) is 18.9 Å². The van der Waals surface area contributed by atoms with Crippen molar-refractivity contribution in [1.82, 2.24) is 10.2 Å². The van der Waals surface area contributed by atoms with Crippen LogP contribution in [0.2, 0.25) is 0 Å². The SMILES string of the molecule is COc1ccc(-c2ccc(NS(=O)(=O)c3cc(C)c(OC)cc3C)cc2)nn1. The highest BCUT2D eigenvalue weighted by Crippen LogP contribution is 2.27. The minimum atomic E-state index is -3.73. The minimum absolute atomic E-state index is 0.218. The number of aromatic nitrogens is 2. The van der Waals surface area contributed by atoms with Crippen LogP contribution in [-0.2, 0) is 10.0 Å². The quantitative estimate of drug-likeness (QED) is 0.681. The van der Waals surface area contributed by atoms with Crippen molar-refractivity contribution in [3.05, 3.63) is 59.7 Å². The maximum atomic E-state index is 12.8. The van der Waals surface area contributed by atoms with Gasteiger partial charge in [-0.2, -0.15) is 0 Å². The number of nitrogens with zero attached hydrogens (tertiary/aromatic N) is 2. The van der Waals surface area contributed by atoms with Crippen molar-refractivity contribution < 1.29 is 17.9 Å². The molecule has 0 atom stereocenters. The van der Waals surface area contributed by atoms with E-state index in [1.54, 1.807) is 62.6 Å². The minimum Gasteiger partial charge on any atom is -0.496 e. The van der Waals surface area contributed by atoms with Gasteiger partial charge in [-0.3, -0.25) is 4.72 Å². The number of sulfonamides is 1. The molecule has 0 aliphatic rings. The summed E-state index contributed by atoms with van der Waals surface area (Å²) in [6.07, 6.45) is 0. The van der Waals surface area contributed by atoms with Crippen molar-refractivity contribution in [3.8, 4) is 22.9 Å². The van der Waals surface area contributed by atoms with E-state index >= 15 is 0 Å². The van der Waals surface area contributed by atoms with Crippen molar-refractivity contribution in [1.29, 1.82) is 0 Å². The second kappa shape index (κ2) is 7.85. The molecule has 0 saturated carbocycles. The summed E-state index contributed by atoms with van der Waals surface area (Å²) >= 11 is 0. The molecule has 0 aliphatic carbocycles. The topological polar surface area (TPSA) is 90.4 Å². The molecule has 0 bridgehead atoms. The second-order valence-corrected chi connectivity index (χ2v) is 7.88. The Kier molecular flexibility index (Phi) is 5.51. The molecule has 2 aromatic carbocycles. The number of benzene rings is 2. The van der Waals surface area contributed by atoms with Gasteiger partial charge in [0.05, 0.1) is 24.8 Å². The lowest BCUT2D eigenvalue weighted by Gasteiger charge is -2.13. The van der Waals surface area contributed by atoms with Gasteiger partial charge < -0.3 is 9.47 Å². The van der Waals surface area contributed by atoms with Crippen molar-refractivity contribution in [2.45, 2.75) is 18.7 Å². The van der Waals surface area contributed by atoms with Gasteiger partial charge in [0.1, 0.15) is 5.75 Å². The Bertz CT molecular complexity index is 1080. The van der Waals surface area contributed by atoms with Gasteiger partial charge in [-0.05, 0) is 55.3 Å². The standard InChI is InChI=1S/C20H21N3O4S/c1-13-12-19(14(2)11-18(13)26-3)28(24,25)23-16-7-5-15(6-8-16)17-9-10-20(27-4)22-21-17/h5-12,23H,1-4H3. The van der Waals surface area contributed by atoms with Crippen LogP contribution in [-0.4, -0.2) is 32.8 Å². The molecule has 8 heteroatoms. The van der Waals surface area contributed by atoms with Crippen LogP contribution in [0.1, 0.15) is 11.1 Å². The third-order valence-electron chi connectivity index (χ3n) is 4.26. The van der Waals surface area contributed by atoms with Gasteiger partial charge in [0.2, 0.25) is 5.88 Å². The molecule has 1 aromatic heterocycles. The van der Waals surface area contributed by atoms with Crippen LogP contribution in [0.5, 0.6) is 11.6 Å². The Labute approximate surface area is 164 Å². The molecule has 1 heterocycles. The van der Waals surface area contributed by atoms with Crippen LogP contribution in [0.4, 0.5) is 5.69 Å². The first-order valence-corrected chi connectivity index (χ1v) is 9.98. The third kappa shape index (κ3) is 4.07. The predicted molar refractivity (Wildman–Crippen MR) is 107 cm³/mol. The van der Waals surface area contributed by atoms with Crippen molar-refractivity contribution in [2.24, 2.45) is 0 Å². The molecule has 0 spiro atoms. The molecular formula is C20H21N3O4S. The van der Waals surface area contributed by atoms with Gasteiger partial charge in [0, 0.05) is 17.3 Å². The normalized spacial score (nSPS) is 11.1. The second-order valence-electron chi connectivity index (χ2n) is 6.23. The number of aryl methyl sites for hydroxylation is 2. The van der Waals surface area contributed by atoms with E-state index in [0.29, 0.717) is 28.6 Å². The molecular weight excluding hydrogens is 378 g/mol. The van der Waals surface area contributed by atoms with Crippen LogP contribution >= 0.6 is 0 Å². The number of anilines is 1. The first-order chi connectivity index (χ1) is 13.3. The monoisotopic (exact) mass is 399 g/mol. The highest BCUT2D eigenvalue weighted by Gasteiger charge is 2.19. The number of hydrogen-bond donors (Lipinski definition) is 1. The number of ether oxygens (including phenoxy) is 2. The molecule has 0 fully saturated rings. The summed E-state index contributed by atoms with van der Waals surface area (Å²) in [4.78, 5) is 0.218. The first kappa shape index (κ1) is 19.6. The molecule has 3 rings (SSSR count). The first-order valence-electron chi connectivity index (χ1n) is 8.50. The molecule has 0 aliphatic heterocycles. The van der Waals surface area contributed by atoms with Crippen LogP contribution in [0.15, 0.2) is 53.4 Å². The van der Waals surface area contributed by atoms with E-state index in [1.807, 2.05) is 6.92 Å². The number of rotatable bonds is 6. The van der Waals surface area contributed by atoms with Gasteiger partial charge in [0.25, 0.3) is 10.0 Å². The predicted octanol–water partition coefficient (Wildman–Crippen LogP) is 3.58. The molecule has 146 valence electrons. The van der Waals surface area contributed by atoms with Crippen molar-refractivity contribution >= 4 is 15.7 Å². The van der Waals surface area contributed by atoms with E-state index in [1.165, 1.54) is 7.11 Å². The zero-order chi connectivity index (χ0) is 20.3. The Balaban J connectivity index is 1.84. The molecule has 0 unspecified atom stereocenters. The molecule has 3 aromatic rings. The van der Waals surface area contributed by atoms with Gasteiger partial charge in [-0.1, -0.05) is 12.1 Å². The molecule has 0 amide bonds. The van der Waals surface area contributed by atoms with E-state index in [4.69, 9.17) is 9.47 Å². The van der Waals surface area contributed by atoms with Crippen LogP contribution in [0, 0.1) is 13.8 Å². The average molecular weight is 399 g/mol. The summed E-state index contributed by atoms with van der Waals surface area (Å²) in [6, 6.07) is 13.8. The Morgan fingerprint density at radius 1 is 0.857 bits per heavy atom. The molecule has 0 radical (unpaired) electrons. The largest absolute Gasteiger partial charge is 0.496 e. The molecule has 28 heavy (non-hydrogen) atoms. The van der Waals surface area contributed by atoms with E-state index in [0.717, 1.165) is 11.1 Å². The number of nitrogens with one attached hydrogen (secondary N) is 1. The number of methoxy groups -OCH3 is 2. The zero-order valence-corrected chi connectivity index (χ0v) is 16.9. The fourth-order valence-electron chi connectivity index (χ4n) is 2.77. The van der Waals surface area contributed by atoms with Crippen LogP contribution < -0.4 is 14.2 Å². The highest BCUT2D eigenvalue weighted by molar-refractivity contribution is 7.92. The fourth-order valence-corrected chi connectivity index (χ4v) is 4.15. The molecule has 1 N–H and O–H groups in total. The van der Waals surface area contributed by atoms with Gasteiger partial charge >= 0.3 is 0 Å². The maximum absolute atomic E-state index is 12.8.